The number of benzene rings is 1. The second kappa shape index (κ2) is 5.05. The summed E-state index contributed by atoms with van der Waals surface area (Å²) in [6.07, 6.45) is 4.09. The number of rotatable bonds is 2. The van der Waals surface area contributed by atoms with Gasteiger partial charge >= 0.3 is 0 Å². The van der Waals surface area contributed by atoms with Crippen LogP contribution in [0.3, 0.4) is 0 Å². The lowest BCUT2D eigenvalue weighted by Crippen LogP contribution is -2.46. The van der Waals surface area contributed by atoms with Crippen molar-refractivity contribution in [3.8, 4) is 0 Å². The summed E-state index contributed by atoms with van der Waals surface area (Å²) in [5.74, 6) is 0.0329. The molecule has 1 aromatic carbocycles. The average molecular weight is 257 g/mol. The summed E-state index contributed by atoms with van der Waals surface area (Å²) in [5, 5.41) is 4.14. The van der Waals surface area contributed by atoms with E-state index in [0.29, 0.717) is 0 Å². The first-order valence-corrected chi connectivity index (χ1v) is 6.79. The molecule has 0 saturated carbocycles. The molecular formula is C15H19N3O. The number of piperidine rings is 1. The van der Waals surface area contributed by atoms with Crippen LogP contribution < -0.4 is 5.32 Å². The highest BCUT2D eigenvalue weighted by Crippen LogP contribution is 2.18. The van der Waals surface area contributed by atoms with Crippen LogP contribution in [-0.4, -0.2) is 42.0 Å². The number of nitrogens with zero attached hydrogens (tertiary/aromatic N) is 1. The number of carbonyl (C=O) groups is 1. The number of H-pyrrole nitrogens is 1. The minimum atomic E-state index is 0.0329. The van der Waals surface area contributed by atoms with Crippen LogP contribution in [0.15, 0.2) is 30.5 Å². The van der Waals surface area contributed by atoms with Crippen molar-refractivity contribution in [1.82, 2.24) is 15.2 Å². The van der Waals surface area contributed by atoms with Gasteiger partial charge in [-0.2, -0.15) is 0 Å². The van der Waals surface area contributed by atoms with Gasteiger partial charge in [-0.25, -0.2) is 0 Å². The highest BCUT2D eigenvalue weighted by atomic mass is 16.1. The third kappa shape index (κ3) is 2.49. The molecule has 2 aromatic rings. The number of likely N-dealkylation sites (tertiary alicyclic amines) is 1. The fourth-order valence-corrected chi connectivity index (χ4v) is 2.83. The van der Waals surface area contributed by atoms with Gasteiger partial charge in [0.2, 0.25) is 0 Å². The van der Waals surface area contributed by atoms with E-state index in [0.717, 1.165) is 42.4 Å². The highest BCUT2D eigenvalue weighted by Gasteiger charge is 2.20. The van der Waals surface area contributed by atoms with Gasteiger partial charge in [-0.15, -0.1) is 0 Å². The molecule has 0 spiro atoms. The van der Waals surface area contributed by atoms with Gasteiger partial charge in [0.1, 0.15) is 0 Å². The number of nitrogens with one attached hydrogen (secondary N) is 2. The SMILES string of the molecule is CN1CCCC(NC(=O)c2cccc3[nH]ccc23)C1. The number of aromatic amines is 1. The third-order valence-electron chi connectivity index (χ3n) is 3.80. The predicted molar refractivity (Wildman–Crippen MR) is 76.3 cm³/mol. The van der Waals surface area contributed by atoms with Gasteiger partial charge < -0.3 is 15.2 Å². The van der Waals surface area contributed by atoms with Gasteiger partial charge in [-0.3, -0.25) is 4.79 Å². The van der Waals surface area contributed by atoms with Gasteiger partial charge in [0.25, 0.3) is 5.91 Å². The molecule has 1 atom stereocenters. The number of aromatic nitrogens is 1. The first-order chi connectivity index (χ1) is 9.24. The number of carbonyl (C=O) groups excluding carboxylic acids is 1. The molecule has 2 N–H and O–H groups in total. The summed E-state index contributed by atoms with van der Waals surface area (Å²) in [4.78, 5) is 17.8. The van der Waals surface area contributed by atoms with E-state index in [-0.39, 0.29) is 11.9 Å². The highest BCUT2D eigenvalue weighted by molar-refractivity contribution is 6.06. The lowest BCUT2D eigenvalue weighted by molar-refractivity contribution is 0.0914. The van der Waals surface area contributed by atoms with Crippen molar-refractivity contribution in [2.24, 2.45) is 0 Å². The van der Waals surface area contributed by atoms with Gasteiger partial charge in [0, 0.05) is 35.2 Å². The molecule has 1 saturated heterocycles. The number of likely N-dealkylation sites (N-methyl/N-ethyl adjacent to an activating group) is 1. The third-order valence-corrected chi connectivity index (χ3v) is 3.80. The van der Waals surface area contributed by atoms with Crippen LogP contribution in [0.1, 0.15) is 23.2 Å². The molecule has 2 heterocycles. The van der Waals surface area contributed by atoms with Gasteiger partial charge in [-0.05, 0) is 44.6 Å². The molecule has 3 rings (SSSR count). The first kappa shape index (κ1) is 12.2. The van der Waals surface area contributed by atoms with Crippen molar-refractivity contribution in [2.75, 3.05) is 20.1 Å². The Kier molecular flexibility index (Phi) is 3.25. The van der Waals surface area contributed by atoms with E-state index >= 15 is 0 Å². The molecular weight excluding hydrogens is 238 g/mol. The molecule has 1 amide bonds. The van der Waals surface area contributed by atoms with Crippen LogP contribution in [0, 0.1) is 0 Å². The molecule has 4 heteroatoms. The summed E-state index contributed by atoms with van der Waals surface area (Å²) in [7, 11) is 2.10. The van der Waals surface area contributed by atoms with E-state index in [1.165, 1.54) is 0 Å². The zero-order valence-electron chi connectivity index (χ0n) is 11.1. The molecule has 0 aliphatic carbocycles. The van der Waals surface area contributed by atoms with E-state index in [2.05, 4.69) is 22.2 Å². The number of hydrogen-bond acceptors (Lipinski definition) is 2. The molecule has 0 radical (unpaired) electrons. The van der Waals surface area contributed by atoms with Crippen LogP contribution in [0.5, 0.6) is 0 Å². The van der Waals surface area contributed by atoms with E-state index in [4.69, 9.17) is 0 Å². The number of hydrogen-bond donors (Lipinski definition) is 2. The standard InChI is InChI=1S/C15H19N3O/c1-18-9-3-4-11(10-18)17-15(19)13-5-2-6-14-12(13)7-8-16-14/h2,5-8,11,16H,3-4,9-10H2,1H3,(H,17,19). The second-order valence-electron chi connectivity index (χ2n) is 5.32. The smallest absolute Gasteiger partial charge is 0.252 e. The minimum absolute atomic E-state index is 0.0329. The maximum Gasteiger partial charge on any atom is 0.252 e. The maximum absolute atomic E-state index is 12.4. The Hall–Kier alpha value is -1.81. The fraction of sp³-hybridized carbons (Fsp3) is 0.400. The van der Waals surface area contributed by atoms with Crippen molar-refractivity contribution < 1.29 is 4.79 Å². The van der Waals surface area contributed by atoms with E-state index in [1.54, 1.807) is 0 Å². The fourth-order valence-electron chi connectivity index (χ4n) is 2.83. The molecule has 1 fully saturated rings. The van der Waals surface area contributed by atoms with Gasteiger partial charge in [-0.1, -0.05) is 6.07 Å². The first-order valence-electron chi connectivity index (χ1n) is 6.79. The van der Waals surface area contributed by atoms with Crippen LogP contribution in [0.25, 0.3) is 10.9 Å². The minimum Gasteiger partial charge on any atom is -0.361 e. The molecule has 19 heavy (non-hydrogen) atoms. The number of fused-ring (bicyclic) bond motifs is 1. The Bertz CT molecular complexity index is 590. The zero-order valence-corrected chi connectivity index (χ0v) is 11.1. The van der Waals surface area contributed by atoms with Crippen molar-refractivity contribution in [1.29, 1.82) is 0 Å². The molecule has 100 valence electrons. The summed E-state index contributed by atoms with van der Waals surface area (Å²) in [6, 6.07) is 8.01. The molecule has 1 unspecified atom stereocenters. The Labute approximate surface area is 112 Å². The molecule has 0 bridgehead atoms. The van der Waals surface area contributed by atoms with Crippen LogP contribution in [0.4, 0.5) is 0 Å². The second-order valence-corrected chi connectivity index (χ2v) is 5.32. The predicted octanol–water partition coefficient (Wildman–Crippen LogP) is 1.99. The van der Waals surface area contributed by atoms with E-state index in [1.807, 2.05) is 30.5 Å². The molecule has 1 aromatic heterocycles. The largest absolute Gasteiger partial charge is 0.361 e. The van der Waals surface area contributed by atoms with Gasteiger partial charge in [0.05, 0.1) is 0 Å². The van der Waals surface area contributed by atoms with Crippen molar-refractivity contribution in [2.45, 2.75) is 18.9 Å². The molecule has 1 aliphatic rings. The lowest BCUT2D eigenvalue weighted by atomic mass is 10.0. The number of amides is 1. The summed E-state index contributed by atoms with van der Waals surface area (Å²) in [5.41, 5.74) is 1.76. The Morgan fingerprint density at radius 3 is 3.16 bits per heavy atom. The summed E-state index contributed by atoms with van der Waals surface area (Å²) < 4.78 is 0. The topological polar surface area (TPSA) is 48.1 Å². The molecule has 4 nitrogen and oxygen atoms in total. The van der Waals surface area contributed by atoms with Crippen LogP contribution in [0.2, 0.25) is 0 Å². The van der Waals surface area contributed by atoms with E-state index in [9.17, 15) is 4.79 Å². The van der Waals surface area contributed by atoms with Crippen LogP contribution >= 0.6 is 0 Å². The van der Waals surface area contributed by atoms with Crippen molar-refractivity contribution >= 4 is 16.8 Å². The maximum atomic E-state index is 12.4. The Balaban J connectivity index is 1.78. The van der Waals surface area contributed by atoms with Crippen molar-refractivity contribution in [3.05, 3.63) is 36.0 Å². The normalized spacial score (nSPS) is 20.6. The summed E-state index contributed by atoms with van der Waals surface area (Å²) in [6.45, 7) is 2.06. The molecule has 1 aliphatic heterocycles. The Morgan fingerprint density at radius 2 is 2.32 bits per heavy atom. The quantitative estimate of drug-likeness (QED) is 0.864. The van der Waals surface area contributed by atoms with E-state index < -0.39 is 0 Å². The van der Waals surface area contributed by atoms with Gasteiger partial charge in [0.15, 0.2) is 0 Å². The zero-order chi connectivity index (χ0) is 13.2. The Morgan fingerprint density at radius 1 is 1.42 bits per heavy atom. The van der Waals surface area contributed by atoms with Crippen LogP contribution in [-0.2, 0) is 0 Å². The van der Waals surface area contributed by atoms with Crippen molar-refractivity contribution in [3.63, 3.8) is 0 Å². The average Bonchev–Trinajstić information content (AvgIpc) is 2.86. The summed E-state index contributed by atoms with van der Waals surface area (Å²) >= 11 is 0. The monoisotopic (exact) mass is 257 g/mol. The lowest BCUT2D eigenvalue weighted by Gasteiger charge is -2.30.